The molecule has 2 heterocycles. The Morgan fingerprint density at radius 2 is 2.14 bits per heavy atom. The number of fused-ring (bicyclic) bond motifs is 1. The van der Waals surface area contributed by atoms with Crippen molar-refractivity contribution >= 4 is 27.5 Å². The number of aromatic nitrogens is 1. The summed E-state index contributed by atoms with van der Waals surface area (Å²) in [6, 6.07) is 2.16. The molecule has 22 heavy (non-hydrogen) atoms. The fourth-order valence-electron chi connectivity index (χ4n) is 3.64. The summed E-state index contributed by atoms with van der Waals surface area (Å²) in [6.45, 7) is 6.18. The van der Waals surface area contributed by atoms with Crippen molar-refractivity contribution in [3.8, 4) is 0 Å². The van der Waals surface area contributed by atoms with Crippen molar-refractivity contribution in [3.63, 3.8) is 0 Å². The number of pyridine rings is 1. The maximum absolute atomic E-state index is 12.7. The number of nitrogens with zero attached hydrogens (tertiary/aromatic N) is 2. The van der Waals surface area contributed by atoms with E-state index in [0.717, 1.165) is 36.9 Å². The van der Waals surface area contributed by atoms with E-state index < -0.39 is 0 Å². The van der Waals surface area contributed by atoms with E-state index in [1.54, 1.807) is 0 Å². The summed E-state index contributed by atoms with van der Waals surface area (Å²) in [4.78, 5) is 17.2. The van der Waals surface area contributed by atoms with Gasteiger partial charge in [-0.2, -0.15) is 0 Å². The molecule has 0 amide bonds. The van der Waals surface area contributed by atoms with Crippen molar-refractivity contribution in [2.45, 2.75) is 51.5 Å². The van der Waals surface area contributed by atoms with E-state index in [1.807, 2.05) is 10.6 Å². The molecule has 1 aliphatic carbocycles. The zero-order valence-electron chi connectivity index (χ0n) is 12.9. The van der Waals surface area contributed by atoms with E-state index in [4.69, 9.17) is 5.73 Å². The summed E-state index contributed by atoms with van der Waals surface area (Å²) in [5, 5.41) is 0. The lowest BCUT2D eigenvalue weighted by molar-refractivity contribution is 0.469. The minimum Gasteiger partial charge on any atom is -0.387 e. The number of rotatable bonds is 2. The van der Waals surface area contributed by atoms with E-state index in [0.29, 0.717) is 22.0 Å². The Hall–Kier alpha value is -1.36. The van der Waals surface area contributed by atoms with E-state index in [2.05, 4.69) is 34.4 Å². The number of hydrogen-bond donors (Lipinski definition) is 1. The molecule has 1 aromatic heterocycles. The van der Waals surface area contributed by atoms with Crippen molar-refractivity contribution in [2.24, 2.45) is 16.6 Å². The molecule has 1 aromatic rings. The Morgan fingerprint density at radius 1 is 1.45 bits per heavy atom. The van der Waals surface area contributed by atoms with Gasteiger partial charge in [-0.3, -0.25) is 4.79 Å². The molecule has 0 radical (unpaired) electrons. The number of aliphatic imine (C=N–C) groups is 1. The zero-order valence-corrected chi connectivity index (χ0v) is 14.5. The second-order valence-electron chi connectivity index (χ2n) is 6.26. The maximum Gasteiger partial charge on any atom is 0.265 e. The van der Waals surface area contributed by atoms with Gasteiger partial charge in [-0.1, -0.05) is 26.3 Å². The second kappa shape index (κ2) is 6.03. The lowest BCUT2D eigenvalue weighted by Crippen LogP contribution is -2.31. The Bertz CT molecular complexity index is 699. The monoisotopic (exact) mass is 363 g/mol. The average molecular weight is 364 g/mol. The molecular weight excluding hydrogens is 342 g/mol. The van der Waals surface area contributed by atoms with Gasteiger partial charge in [0.2, 0.25) is 0 Å². The van der Waals surface area contributed by atoms with Crippen molar-refractivity contribution in [3.05, 3.63) is 38.7 Å². The molecule has 118 valence electrons. The molecule has 4 nitrogen and oxygen atoms in total. The Morgan fingerprint density at radius 3 is 2.77 bits per heavy atom. The van der Waals surface area contributed by atoms with Crippen LogP contribution >= 0.6 is 15.9 Å². The first kappa shape index (κ1) is 15.5. The van der Waals surface area contributed by atoms with Crippen LogP contribution in [-0.4, -0.2) is 10.4 Å². The van der Waals surface area contributed by atoms with Gasteiger partial charge in [-0.15, -0.1) is 0 Å². The smallest absolute Gasteiger partial charge is 0.265 e. The number of nitrogens with two attached hydrogens (primary N) is 1. The van der Waals surface area contributed by atoms with Crippen LogP contribution in [0.2, 0.25) is 0 Å². The molecule has 2 N–H and O–H groups in total. The molecule has 1 unspecified atom stereocenters. The predicted octanol–water partition coefficient (Wildman–Crippen LogP) is 3.64. The van der Waals surface area contributed by atoms with Gasteiger partial charge in [0.15, 0.2) is 0 Å². The lowest BCUT2D eigenvalue weighted by Gasteiger charge is -2.23. The highest BCUT2D eigenvalue weighted by Gasteiger charge is 2.28. The first-order chi connectivity index (χ1) is 10.5. The van der Waals surface area contributed by atoms with Crippen LogP contribution in [0.15, 0.2) is 26.9 Å². The molecule has 3 rings (SSSR count). The van der Waals surface area contributed by atoms with Gasteiger partial charge in [-0.05, 0) is 47.7 Å². The van der Waals surface area contributed by atoms with Crippen LogP contribution in [0.5, 0.6) is 0 Å². The third-order valence-electron chi connectivity index (χ3n) is 4.91. The number of hydrogen-bond acceptors (Lipinski definition) is 3. The lowest BCUT2D eigenvalue weighted by atomic mass is 9.96. The summed E-state index contributed by atoms with van der Waals surface area (Å²) in [5.41, 5.74) is 8.87. The predicted molar refractivity (Wildman–Crippen MR) is 94.0 cm³/mol. The Labute approximate surface area is 139 Å². The molecule has 0 saturated heterocycles. The van der Waals surface area contributed by atoms with Gasteiger partial charge >= 0.3 is 0 Å². The van der Waals surface area contributed by atoms with E-state index in [-0.39, 0.29) is 11.5 Å². The van der Waals surface area contributed by atoms with Gasteiger partial charge in [0.25, 0.3) is 5.56 Å². The first-order valence-electron chi connectivity index (χ1n) is 8.00. The first-order valence-corrected chi connectivity index (χ1v) is 8.79. The summed E-state index contributed by atoms with van der Waals surface area (Å²) < 4.78 is 2.58. The molecule has 1 atom stereocenters. The largest absolute Gasteiger partial charge is 0.387 e. The van der Waals surface area contributed by atoms with Crippen LogP contribution in [0.1, 0.15) is 56.3 Å². The van der Waals surface area contributed by atoms with Crippen molar-refractivity contribution < 1.29 is 0 Å². The Balaban J connectivity index is 2.22. The molecule has 0 aromatic carbocycles. The van der Waals surface area contributed by atoms with E-state index in [1.165, 1.54) is 12.8 Å². The number of halogens is 1. The normalized spacial score (nSPS) is 22.4. The van der Waals surface area contributed by atoms with Gasteiger partial charge in [0, 0.05) is 23.2 Å². The third-order valence-corrected chi connectivity index (χ3v) is 5.48. The van der Waals surface area contributed by atoms with Crippen molar-refractivity contribution in [1.29, 1.82) is 0 Å². The minimum atomic E-state index is 0.0637. The van der Waals surface area contributed by atoms with Crippen LogP contribution in [0.3, 0.4) is 0 Å². The van der Waals surface area contributed by atoms with E-state index >= 15 is 0 Å². The van der Waals surface area contributed by atoms with Crippen LogP contribution in [0.25, 0.3) is 5.70 Å². The molecule has 2 aliphatic rings. The third kappa shape index (κ3) is 2.56. The van der Waals surface area contributed by atoms with Crippen LogP contribution in [0.4, 0.5) is 0 Å². The fourth-order valence-corrected chi connectivity index (χ4v) is 4.06. The van der Waals surface area contributed by atoms with Crippen LogP contribution < -0.4 is 11.3 Å². The highest BCUT2D eigenvalue weighted by atomic mass is 79.9. The Kier molecular flexibility index (Phi) is 4.26. The van der Waals surface area contributed by atoms with Gasteiger partial charge < -0.3 is 10.3 Å². The molecule has 1 fully saturated rings. The topological polar surface area (TPSA) is 60.4 Å². The average Bonchev–Trinajstić information content (AvgIpc) is 2.97. The van der Waals surface area contributed by atoms with Gasteiger partial charge in [0.1, 0.15) is 5.84 Å². The number of amidine groups is 1. The molecular formula is C17H22BrN3O. The summed E-state index contributed by atoms with van der Waals surface area (Å²) in [5.74, 6) is 0.802. The van der Waals surface area contributed by atoms with Crippen molar-refractivity contribution in [1.82, 2.24) is 4.57 Å². The molecule has 0 spiro atoms. The summed E-state index contributed by atoms with van der Waals surface area (Å²) >= 11 is 3.42. The minimum absolute atomic E-state index is 0.0637. The van der Waals surface area contributed by atoms with Crippen LogP contribution in [0, 0.1) is 5.92 Å². The standard InChI is InChI=1S/C17H22BrN3O/c1-3-11-8-15-13(10(2)20-16(11)19)9-14(18)17(22)21(15)12-6-4-5-7-12/h9,11-12H,2-8H2,1H3,(H2,19,20). The highest BCUT2D eigenvalue weighted by Crippen LogP contribution is 2.34. The molecule has 0 bridgehead atoms. The SMILES string of the molecule is C=C1N=C(N)C(CC)Cc2c1cc(Br)c(=O)n2C1CCCC1. The maximum atomic E-state index is 12.7. The van der Waals surface area contributed by atoms with E-state index in [9.17, 15) is 4.79 Å². The summed E-state index contributed by atoms with van der Waals surface area (Å²) in [7, 11) is 0. The van der Waals surface area contributed by atoms with Crippen LogP contribution in [-0.2, 0) is 6.42 Å². The molecule has 1 aliphatic heterocycles. The zero-order chi connectivity index (χ0) is 15.9. The van der Waals surface area contributed by atoms with Gasteiger partial charge in [0.05, 0.1) is 10.2 Å². The fraction of sp³-hybridized carbons (Fsp3) is 0.529. The molecule has 1 saturated carbocycles. The molecule has 5 heteroatoms. The summed E-state index contributed by atoms with van der Waals surface area (Å²) in [6.07, 6.45) is 6.20. The highest BCUT2D eigenvalue weighted by molar-refractivity contribution is 9.10. The second-order valence-corrected chi connectivity index (χ2v) is 7.11. The quantitative estimate of drug-likeness (QED) is 0.871. The van der Waals surface area contributed by atoms with Gasteiger partial charge in [-0.25, -0.2) is 4.99 Å². The van der Waals surface area contributed by atoms with Crippen molar-refractivity contribution in [2.75, 3.05) is 0 Å².